The zero-order valence-corrected chi connectivity index (χ0v) is 8.57. The van der Waals surface area contributed by atoms with Crippen LogP contribution in [0.25, 0.3) is 0 Å². The van der Waals surface area contributed by atoms with E-state index in [1.807, 2.05) is 32.0 Å². The number of aliphatic hydroxyl groups excluding tert-OH is 2. The number of hydrogen-bond donors (Lipinski definition) is 3. The molecule has 0 saturated heterocycles. The van der Waals surface area contributed by atoms with Crippen LogP contribution in [0, 0.1) is 13.8 Å². The number of rotatable bonds is 3. The molecule has 1 aromatic carbocycles. The number of benzene rings is 1. The Morgan fingerprint density at radius 1 is 1.29 bits per heavy atom. The van der Waals surface area contributed by atoms with Gasteiger partial charge in [-0.3, -0.25) is 0 Å². The van der Waals surface area contributed by atoms with Crippen molar-refractivity contribution >= 4 is 0 Å². The van der Waals surface area contributed by atoms with Crippen LogP contribution in [0.2, 0.25) is 0 Å². The fourth-order valence-corrected chi connectivity index (χ4v) is 1.41. The van der Waals surface area contributed by atoms with Crippen LogP contribution < -0.4 is 5.73 Å². The topological polar surface area (TPSA) is 66.5 Å². The first kappa shape index (κ1) is 11.2. The van der Waals surface area contributed by atoms with E-state index < -0.39 is 12.2 Å². The highest BCUT2D eigenvalue weighted by Crippen LogP contribution is 2.21. The maximum atomic E-state index is 9.76. The fraction of sp³-hybridized carbons (Fsp3) is 0.455. The molecule has 0 radical (unpaired) electrons. The van der Waals surface area contributed by atoms with Gasteiger partial charge in [-0.05, 0) is 25.0 Å². The van der Waals surface area contributed by atoms with E-state index in [9.17, 15) is 10.2 Å². The number of aliphatic hydroxyl groups is 2. The van der Waals surface area contributed by atoms with Crippen LogP contribution in [0.1, 0.15) is 22.8 Å². The van der Waals surface area contributed by atoms with Crippen molar-refractivity contribution in [3.63, 3.8) is 0 Å². The SMILES string of the molecule is Cc1ccc(C)c(C(O)C(O)CN)c1. The van der Waals surface area contributed by atoms with Crippen molar-refractivity contribution in [2.24, 2.45) is 5.73 Å². The minimum atomic E-state index is -0.893. The van der Waals surface area contributed by atoms with Crippen molar-refractivity contribution in [2.75, 3.05) is 6.54 Å². The van der Waals surface area contributed by atoms with Gasteiger partial charge in [0, 0.05) is 6.54 Å². The summed E-state index contributed by atoms with van der Waals surface area (Å²) in [5.41, 5.74) is 8.07. The Labute approximate surface area is 84.2 Å². The predicted molar refractivity (Wildman–Crippen MR) is 55.9 cm³/mol. The lowest BCUT2D eigenvalue weighted by Gasteiger charge is -2.18. The number of hydrogen-bond acceptors (Lipinski definition) is 3. The summed E-state index contributed by atoms with van der Waals surface area (Å²) in [4.78, 5) is 0. The summed E-state index contributed by atoms with van der Waals surface area (Å²) in [6, 6.07) is 5.77. The molecule has 14 heavy (non-hydrogen) atoms. The smallest absolute Gasteiger partial charge is 0.106 e. The van der Waals surface area contributed by atoms with E-state index in [-0.39, 0.29) is 6.54 Å². The van der Waals surface area contributed by atoms with Gasteiger partial charge in [0.25, 0.3) is 0 Å². The molecular weight excluding hydrogens is 178 g/mol. The molecule has 0 saturated carbocycles. The molecule has 78 valence electrons. The van der Waals surface area contributed by atoms with Gasteiger partial charge in [-0.25, -0.2) is 0 Å². The van der Waals surface area contributed by atoms with Crippen LogP contribution in [-0.2, 0) is 0 Å². The van der Waals surface area contributed by atoms with Crippen LogP contribution in [0.5, 0.6) is 0 Å². The molecule has 2 unspecified atom stereocenters. The lowest BCUT2D eigenvalue weighted by atomic mass is 9.97. The summed E-state index contributed by atoms with van der Waals surface area (Å²) in [5, 5.41) is 19.2. The quantitative estimate of drug-likeness (QED) is 0.663. The zero-order valence-electron chi connectivity index (χ0n) is 8.57. The molecule has 1 aromatic rings. The van der Waals surface area contributed by atoms with Gasteiger partial charge in [-0.1, -0.05) is 23.8 Å². The molecule has 0 heterocycles. The molecule has 0 amide bonds. The first-order chi connectivity index (χ1) is 6.56. The van der Waals surface area contributed by atoms with Crippen molar-refractivity contribution in [2.45, 2.75) is 26.1 Å². The van der Waals surface area contributed by atoms with Crippen molar-refractivity contribution in [3.05, 3.63) is 34.9 Å². The van der Waals surface area contributed by atoms with Gasteiger partial charge in [-0.2, -0.15) is 0 Å². The Balaban J connectivity index is 2.99. The minimum absolute atomic E-state index is 0.0640. The molecule has 4 N–H and O–H groups in total. The Morgan fingerprint density at radius 2 is 1.93 bits per heavy atom. The summed E-state index contributed by atoms with van der Waals surface area (Å²) in [5.74, 6) is 0. The highest BCUT2D eigenvalue weighted by molar-refractivity contribution is 5.32. The zero-order chi connectivity index (χ0) is 10.7. The largest absolute Gasteiger partial charge is 0.389 e. The van der Waals surface area contributed by atoms with Crippen molar-refractivity contribution in [1.82, 2.24) is 0 Å². The lowest BCUT2D eigenvalue weighted by Crippen LogP contribution is -2.27. The molecule has 0 fully saturated rings. The lowest BCUT2D eigenvalue weighted by molar-refractivity contribution is 0.0239. The van der Waals surface area contributed by atoms with Crippen LogP contribution in [-0.4, -0.2) is 22.9 Å². The van der Waals surface area contributed by atoms with Crippen molar-refractivity contribution in [3.8, 4) is 0 Å². The first-order valence-corrected chi connectivity index (χ1v) is 4.69. The van der Waals surface area contributed by atoms with Crippen LogP contribution in [0.4, 0.5) is 0 Å². The average Bonchev–Trinajstić information content (AvgIpc) is 2.19. The van der Waals surface area contributed by atoms with E-state index in [2.05, 4.69) is 0 Å². The summed E-state index contributed by atoms with van der Waals surface area (Å²) in [6.45, 7) is 3.92. The Kier molecular flexibility index (Phi) is 3.63. The third-order valence-corrected chi connectivity index (χ3v) is 2.36. The summed E-state index contributed by atoms with van der Waals surface area (Å²) in [6.07, 6.45) is -1.78. The molecular formula is C11H17NO2. The standard InChI is InChI=1S/C11H17NO2/c1-7-3-4-8(2)9(5-7)11(14)10(13)6-12/h3-5,10-11,13-14H,6,12H2,1-2H3. The predicted octanol–water partition coefficient (Wildman–Crippen LogP) is 0.656. The van der Waals surface area contributed by atoms with Gasteiger partial charge in [0.1, 0.15) is 6.10 Å². The van der Waals surface area contributed by atoms with Gasteiger partial charge in [0.2, 0.25) is 0 Å². The van der Waals surface area contributed by atoms with E-state index in [0.29, 0.717) is 0 Å². The van der Waals surface area contributed by atoms with E-state index in [0.717, 1.165) is 16.7 Å². The van der Waals surface area contributed by atoms with E-state index in [4.69, 9.17) is 5.73 Å². The second-order valence-corrected chi connectivity index (χ2v) is 3.61. The maximum absolute atomic E-state index is 9.76. The van der Waals surface area contributed by atoms with Crippen LogP contribution >= 0.6 is 0 Å². The van der Waals surface area contributed by atoms with Crippen molar-refractivity contribution < 1.29 is 10.2 Å². The van der Waals surface area contributed by atoms with Gasteiger partial charge in [0.05, 0.1) is 6.10 Å². The Morgan fingerprint density at radius 3 is 2.50 bits per heavy atom. The third kappa shape index (κ3) is 2.32. The van der Waals surface area contributed by atoms with Gasteiger partial charge >= 0.3 is 0 Å². The molecule has 0 bridgehead atoms. The van der Waals surface area contributed by atoms with E-state index >= 15 is 0 Å². The minimum Gasteiger partial charge on any atom is -0.389 e. The Hall–Kier alpha value is -0.900. The average molecular weight is 195 g/mol. The maximum Gasteiger partial charge on any atom is 0.106 e. The fourth-order valence-electron chi connectivity index (χ4n) is 1.41. The molecule has 0 spiro atoms. The normalized spacial score (nSPS) is 15.2. The molecule has 0 aliphatic heterocycles. The molecule has 2 atom stereocenters. The highest BCUT2D eigenvalue weighted by atomic mass is 16.3. The summed E-state index contributed by atoms with van der Waals surface area (Å²) >= 11 is 0. The van der Waals surface area contributed by atoms with E-state index in [1.165, 1.54) is 0 Å². The summed E-state index contributed by atoms with van der Waals surface area (Å²) < 4.78 is 0. The monoisotopic (exact) mass is 195 g/mol. The van der Waals surface area contributed by atoms with Gasteiger partial charge in [-0.15, -0.1) is 0 Å². The third-order valence-electron chi connectivity index (χ3n) is 2.36. The van der Waals surface area contributed by atoms with Crippen molar-refractivity contribution in [1.29, 1.82) is 0 Å². The highest BCUT2D eigenvalue weighted by Gasteiger charge is 2.18. The molecule has 0 aliphatic carbocycles. The van der Waals surface area contributed by atoms with E-state index in [1.54, 1.807) is 0 Å². The molecule has 1 rings (SSSR count). The second-order valence-electron chi connectivity index (χ2n) is 3.61. The van der Waals surface area contributed by atoms with Crippen LogP contribution in [0.3, 0.4) is 0 Å². The molecule has 0 aromatic heterocycles. The molecule has 0 aliphatic rings. The molecule has 3 heteroatoms. The van der Waals surface area contributed by atoms with Crippen LogP contribution in [0.15, 0.2) is 18.2 Å². The molecule has 3 nitrogen and oxygen atoms in total. The summed E-state index contributed by atoms with van der Waals surface area (Å²) in [7, 11) is 0. The number of aryl methyl sites for hydroxylation is 2. The second kappa shape index (κ2) is 4.55. The Bertz CT molecular complexity index is 312. The van der Waals surface area contributed by atoms with Gasteiger partial charge in [0.15, 0.2) is 0 Å². The van der Waals surface area contributed by atoms with Gasteiger partial charge < -0.3 is 15.9 Å². The first-order valence-electron chi connectivity index (χ1n) is 4.69. The number of nitrogens with two attached hydrogens (primary N) is 1.